The number of nitrogens with zero attached hydrogens (tertiary/aromatic N) is 2. The zero-order chi connectivity index (χ0) is 13.1. The number of nitrogens with one attached hydrogen (secondary N) is 2. The van der Waals surface area contributed by atoms with Crippen LogP contribution in [-0.2, 0) is 4.79 Å². The normalized spacial score (nSPS) is 12.6. The minimum atomic E-state index is -0.222. The van der Waals surface area contributed by atoms with E-state index in [1.165, 1.54) is 6.34 Å². The number of hydrogen-bond donors (Lipinski definition) is 4. The van der Waals surface area contributed by atoms with Gasteiger partial charge in [0.1, 0.15) is 6.34 Å². The van der Waals surface area contributed by atoms with Crippen molar-refractivity contribution >= 4 is 12.2 Å². The third-order valence-corrected chi connectivity index (χ3v) is 2.19. The molecule has 17 heavy (non-hydrogen) atoms. The van der Waals surface area contributed by atoms with E-state index in [1.54, 1.807) is 5.01 Å². The van der Waals surface area contributed by atoms with Crippen LogP contribution >= 0.6 is 0 Å². The molecule has 0 spiro atoms. The van der Waals surface area contributed by atoms with Crippen molar-refractivity contribution in [3.8, 4) is 0 Å². The zero-order valence-corrected chi connectivity index (χ0v) is 10.5. The fourth-order valence-corrected chi connectivity index (χ4v) is 1.23. The molecule has 0 aromatic rings. The smallest absolute Gasteiger partial charge is 0.235 e. The van der Waals surface area contributed by atoms with Gasteiger partial charge in [0, 0.05) is 6.54 Å². The van der Waals surface area contributed by atoms with Crippen LogP contribution in [0.5, 0.6) is 0 Å². The molecule has 0 aliphatic rings. The molecule has 1 atom stereocenters. The number of oxime groups is 1. The van der Waals surface area contributed by atoms with Gasteiger partial charge >= 0.3 is 0 Å². The number of rotatable bonds is 9. The van der Waals surface area contributed by atoms with Gasteiger partial charge < -0.3 is 16.3 Å². The van der Waals surface area contributed by atoms with Crippen LogP contribution in [0.1, 0.15) is 33.1 Å². The first-order chi connectivity index (χ1) is 8.17. The first kappa shape index (κ1) is 15.7. The third kappa shape index (κ3) is 7.53. The van der Waals surface area contributed by atoms with Crippen LogP contribution in [-0.4, -0.2) is 41.7 Å². The minimum absolute atomic E-state index is 0.0404. The van der Waals surface area contributed by atoms with Crippen molar-refractivity contribution in [3.63, 3.8) is 0 Å². The summed E-state index contributed by atoms with van der Waals surface area (Å²) in [5.74, 6) is -0.222. The average Bonchev–Trinajstić information content (AvgIpc) is 2.34. The maximum Gasteiger partial charge on any atom is 0.235 e. The number of carbonyl (C=O) groups excluding carboxylic acids is 1. The van der Waals surface area contributed by atoms with E-state index in [1.807, 2.05) is 6.92 Å². The van der Waals surface area contributed by atoms with Crippen molar-refractivity contribution in [2.75, 3.05) is 13.1 Å². The molecule has 1 amide bonds. The van der Waals surface area contributed by atoms with Gasteiger partial charge in [-0.2, -0.15) is 0 Å². The Bertz CT molecular complexity index is 235. The Morgan fingerprint density at radius 2 is 2.29 bits per heavy atom. The monoisotopic (exact) mass is 245 g/mol. The molecule has 0 aliphatic carbocycles. The van der Waals surface area contributed by atoms with Gasteiger partial charge in [0.25, 0.3) is 0 Å². The molecule has 7 heteroatoms. The average molecular weight is 245 g/mol. The quantitative estimate of drug-likeness (QED) is 0.148. The van der Waals surface area contributed by atoms with Crippen molar-refractivity contribution in [2.45, 2.75) is 39.3 Å². The summed E-state index contributed by atoms with van der Waals surface area (Å²) in [5.41, 5.74) is 8.27. The van der Waals surface area contributed by atoms with E-state index in [0.29, 0.717) is 13.0 Å². The molecule has 0 radical (unpaired) electrons. The lowest BCUT2D eigenvalue weighted by Gasteiger charge is -2.26. The molecule has 0 bridgehead atoms. The lowest BCUT2D eigenvalue weighted by Crippen LogP contribution is -2.53. The largest absolute Gasteiger partial charge is 0.410 e. The van der Waals surface area contributed by atoms with Gasteiger partial charge in [-0.25, -0.2) is 5.43 Å². The Morgan fingerprint density at radius 1 is 1.59 bits per heavy atom. The Kier molecular flexibility index (Phi) is 9.08. The van der Waals surface area contributed by atoms with Gasteiger partial charge in [0.15, 0.2) is 0 Å². The summed E-state index contributed by atoms with van der Waals surface area (Å²) in [6, 6.07) is 0. The van der Waals surface area contributed by atoms with E-state index in [4.69, 9.17) is 10.9 Å². The fraction of sp³-hybridized carbons (Fsp3) is 0.800. The summed E-state index contributed by atoms with van der Waals surface area (Å²) in [6.07, 6.45) is 3.76. The van der Waals surface area contributed by atoms with Crippen LogP contribution in [0.2, 0.25) is 0 Å². The molecule has 0 saturated heterocycles. The summed E-state index contributed by atoms with van der Waals surface area (Å²) in [6.45, 7) is 4.67. The van der Waals surface area contributed by atoms with Crippen LogP contribution < -0.4 is 16.5 Å². The predicted octanol–water partition coefficient (Wildman–Crippen LogP) is -0.178. The van der Waals surface area contributed by atoms with Crippen LogP contribution in [0.3, 0.4) is 0 Å². The molecule has 0 heterocycles. The highest BCUT2D eigenvalue weighted by atomic mass is 16.4. The maximum atomic E-state index is 11.2. The third-order valence-electron chi connectivity index (χ3n) is 2.19. The highest BCUT2D eigenvalue weighted by molar-refractivity contribution is 5.78. The molecular weight excluding hydrogens is 222 g/mol. The number of nitrogens with two attached hydrogens (primary N) is 1. The highest BCUT2D eigenvalue weighted by Gasteiger charge is 2.11. The molecular formula is C10H23N5O2. The number of unbranched alkanes of at least 4 members (excludes halogenated alkanes) is 1. The first-order valence-electron chi connectivity index (χ1n) is 5.87. The van der Waals surface area contributed by atoms with E-state index in [9.17, 15) is 4.79 Å². The Morgan fingerprint density at radius 3 is 2.76 bits per heavy atom. The summed E-state index contributed by atoms with van der Waals surface area (Å²) in [7, 11) is 0. The van der Waals surface area contributed by atoms with Gasteiger partial charge in [-0.1, -0.05) is 25.4 Å². The summed E-state index contributed by atoms with van der Waals surface area (Å²) in [4.78, 5) is 11.2. The van der Waals surface area contributed by atoms with E-state index < -0.39 is 0 Å². The lowest BCUT2D eigenvalue weighted by molar-refractivity contribution is -0.120. The van der Waals surface area contributed by atoms with Gasteiger partial charge in [-0.3, -0.25) is 9.80 Å². The van der Waals surface area contributed by atoms with Crippen molar-refractivity contribution in [3.05, 3.63) is 0 Å². The number of hydrogen-bond acceptors (Lipinski definition) is 5. The van der Waals surface area contributed by atoms with Crippen LogP contribution in [0, 0.1) is 0 Å². The summed E-state index contributed by atoms with van der Waals surface area (Å²) < 4.78 is 0. The number of carbonyl (C=O) groups is 1. The van der Waals surface area contributed by atoms with Gasteiger partial charge in [-0.05, 0) is 12.8 Å². The van der Waals surface area contributed by atoms with Gasteiger partial charge in [-0.15, -0.1) is 0 Å². The molecule has 1 unspecified atom stereocenters. The second-order valence-electron chi connectivity index (χ2n) is 3.64. The topological polar surface area (TPSA) is 103 Å². The Balaban J connectivity index is 4.21. The van der Waals surface area contributed by atoms with Crippen LogP contribution in [0.4, 0.5) is 0 Å². The molecule has 0 aliphatic heterocycles. The van der Waals surface area contributed by atoms with E-state index in [0.717, 1.165) is 12.8 Å². The number of hydrazine groups is 1. The number of amides is 1. The molecule has 0 aromatic carbocycles. The van der Waals surface area contributed by atoms with Gasteiger partial charge in [0.2, 0.25) is 5.91 Å². The second kappa shape index (κ2) is 9.86. The Hall–Kier alpha value is -1.34. The van der Waals surface area contributed by atoms with Crippen LogP contribution in [0.15, 0.2) is 5.16 Å². The van der Waals surface area contributed by atoms with Crippen molar-refractivity contribution in [1.29, 1.82) is 0 Å². The first-order valence-corrected chi connectivity index (χ1v) is 5.87. The molecule has 100 valence electrons. The zero-order valence-electron chi connectivity index (χ0n) is 10.5. The SMILES string of the molecule is CCCCN(/C=N/O)NC(CC)NC(=O)CN. The predicted molar refractivity (Wildman–Crippen MR) is 66.3 cm³/mol. The van der Waals surface area contributed by atoms with E-state index in [2.05, 4.69) is 22.8 Å². The molecule has 7 nitrogen and oxygen atoms in total. The van der Waals surface area contributed by atoms with Gasteiger partial charge in [0.05, 0.1) is 12.7 Å². The summed E-state index contributed by atoms with van der Waals surface area (Å²) in [5, 5.41) is 15.9. The molecule has 5 N–H and O–H groups in total. The standard InChI is InChI=1S/C10H23N5O2/c1-3-5-6-15(8-12-17)14-9(4-2)13-10(16)7-11/h8-9,14,17H,3-7,11H2,1-2H3,(H,13,16)/b12-8+. The lowest BCUT2D eigenvalue weighted by atomic mass is 10.3. The highest BCUT2D eigenvalue weighted by Crippen LogP contribution is 1.93. The molecule has 0 fully saturated rings. The molecule has 0 saturated carbocycles. The van der Waals surface area contributed by atoms with E-state index >= 15 is 0 Å². The molecule has 0 aromatic heterocycles. The Labute approximate surface area is 102 Å². The molecule has 0 rings (SSSR count). The van der Waals surface area contributed by atoms with Crippen molar-refractivity contribution < 1.29 is 10.0 Å². The van der Waals surface area contributed by atoms with E-state index in [-0.39, 0.29) is 18.6 Å². The second-order valence-corrected chi connectivity index (χ2v) is 3.64. The van der Waals surface area contributed by atoms with Crippen LogP contribution in [0.25, 0.3) is 0 Å². The van der Waals surface area contributed by atoms with Crippen molar-refractivity contribution in [1.82, 2.24) is 15.8 Å². The summed E-state index contributed by atoms with van der Waals surface area (Å²) >= 11 is 0. The fourth-order valence-electron chi connectivity index (χ4n) is 1.23. The minimum Gasteiger partial charge on any atom is -0.410 e. The van der Waals surface area contributed by atoms with Crippen molar-refractivity contribution in [2.24, 2.45) is 10.9 Å². The maximum absolute atomic E-state index is 11.2.